The molecule has 1 saturated heterocycles. The molecule has 1 aromatic heterocycles. The highest BCUT2D eigenvalue weighted by Crippen LogP contribution is 2.14. The van der Waals surface area contributed by atoms with Gasteiger partial charge in [-0.05, 0) is 44.3 Å². The summed E-state index contributed by atoms with van der Waals surface area (Å²) in [7, 11) is 0. The summed E-state index contributed by atoms with van der Waals surface area (Å²) >= 11 is 0. The van der Waals surface area contributed by atoms with Crippen LogP contribution in [0.4, 0.5) is 0 Å². The van der Waals surface area contributed by atoms with Crippen LogP contribution >= 0.6 is 0 Å². The van der Waals surface area contributed by atoms with E-state index in [9.17, 15) is 0 Å². The van der Waals surface area contributed by atoms with Crippen LogP contribution in [0.2, 0.25) is 0 Å². The first-order valence-electron chi connectivity index (χ1n) is 5.10. The molecule has 13 heavy (non-hydrogen) atoms. The molecule has 1 N–H and O–H groups in total. The van der Waals surface area contributed by atoms with Gasteiger partial charge in [0.15, 0.2) is 0 Å². The summed E-state index contributed by atoms with van der Waals surface area (Å²) in [4.78, 5) is 0. The molecule has 1 aliphatic rings. The van der Waals surface area contributed by atoms with Gasteiger partial charge in [-0.2, -0.15) is 5.10 Å². The Kier molecular flexibility index (Phi) is 2.64. The van der Waals surface area contributed by atoms with Crippen LogP contribution in [0.1, 0.15) is 18.9 Å². The van der Waals surface area contributed by atoms with Crippen molar-refractivity contribution < 1.29 is 0 Å². The average molecular weight is 179 g/mol. The standard InChI is InChI=1S/C10H17N3/c1-2-13-8-10(7-12-13)5-9-3-4-11-6-9/h7-9,11H,2-6H2,1H3. The number of nitrogens with one attached hydrogen (secondary N) is 1. The molecule has 0 bridgehead atoms. The van der Waals surface area contributed by atoms with E-state index in [4.69, 9.17) is 0 Å². The molecule has 2 heterocycles. The minimum Gasteiger partial charge on any atom is -0.316 e. The summed E-state index contributed by atoms with van der Waals surface area (Å²) in [6, 6.07) is 0. The zero-order chi connectivity index (χ0) is 9.10. The van der Waals surface area contributed by atoms with Gasteiger partial charge in [0.1, 0.15) is 0 Å². The summed E-state index contributed by atoms with van der Waals surface area (Å²) in [6.45, 7) is 5.46. The Bertz CT molecular complexity index is 261. The van der Waals surface area contributed by atoms with Gasteiger partial charge in [0.2, 0.25) is 0 Å². The monoisotopic (exact) mass is 179 g/mol. The van der Waals surface area contributed by atoms with Crippen molar-refractivity contribution in [1.82, 2.24) is 15.1 Å². The van der Waals surface area contributed by atoms with Crippen molar-refractivity contribution in [3.05, 3.63) is 18.0 Å². The van der Waals surface area contributed by atoms with Crippen LogP contribution in [0.5, 0.6) is 0 Å². The van der Waals surface area contributed by atoms with Gasteiger partial charge in [0.05, 0.1) is 6.20 Å². The first kappa shape index (κ1) is 8.75. The second kappa shape index (κ2) is 3.92. The lowest BCUT2D eigenvalue weighted by Crippen LogP contribution is -2.10. The van der Waals surface area contributed by atoms with Crippen molar-refractivity contribution in [2.45, 2.75) is 26.3 Å². The lowest BCUT2D eigenvalue weighted by Gasteiger charge is -2.04. The van der Waals surface area contributed by atoms with Crippen LogP contribution in [0.25, 0.3) is 0 Å². The van der Waals surface area contributed by atoms with Gasteiger partial charge in [-0.15, -0.1) is 0 Å². The quantitative estimate of drug-likeness (QED) is 0.751. The minimum absolute atomic E-state index is 0.828. The maximum atomic E-state index is 4.27. The Labute approximate surface area is 79.1 Å². The zero-order valence-electron chi connectivity index (χ0n) is 8.16. The molecule has 0 aliphatic carbocycles. The molecule has 3 nitrogen and oxygen atoms in total. The molecule has 1 fully saturated rings. The van der Waals surface area contributed by atoms with Crippen molar-refractivity contribution in [3.63, 3.8) is 0 Å². The van der Waals surface area contributed by atoms with Crippen molar-refractivity contribution >= 4 is 0 Å². The van der Waals surface area contributed by atoms with Crippen LogP contribution in [0.3, 0.4) is 0 Å². The molecule has 72 valence electrons. The third-order valence-corrected chi connectivity index (χ3v) is 2.70. The number of aryl methyl sites for hydroxylation is 1. The molecule has 1 unspecified atom stereocenters. The number of rotatable bonds is 3. The Morgan fingerprint density at radius 1 is 1.69 bits per heavy atom. The molecule has 2 rings (SSSR count). The molecule has 0 amide bonds. The van der Waals surface area contributed by atoms with E-state index in [1.54, 1.807) is 0 Å². The molecule has 0 radical (unpaired) electrons. The van der Waals surface area contributed by atoms with Crippen molar-refractivity contribution in [2.75, 3.05) is 13.1 Å². The summed E-state index contributed by atoms with van der Waals surface area (Å²) < 4.78 is 2.00. The minimum atomic E-state index is 0.828. The van der Waals surface area contributed by atoms with Crippen molar-refractivity contribution in [2.24, 2.45) is 5.92 Å². The number of hydrogen-bond donors (Lipinski definition) is 1. The summed E-state index contributed by atoms with van der Waals surface area (Å²) in [5.74, 6) is 0.828. The summed E-state index contributed by atoms with van der Waals surface area (Å²) in [5.41, 5.74) is 1.38. The molecule has 1 atom stereocenters. The van der Waals surface area contributed by atoms with Crippen molar-refractivity contribution in [3.8, 4) is 0 Å². The summed E-state index contributed by atoms with van der Waals surface area (Å²) in [6.07, 6.45) is 6.67. The lowest BCUT2D eigenvalue weighted by molar-refractivity contribution is 0.579. The van der Waals surface area contributed by atoms with Gasteiger partial charge < -0.3 is 5.32 Å². The van der Waals surface area contributed by atoms with E-state index >= 15 is 0 Å². The zero-order valence-corrected chi connectivity index (χ0v) is 8.16. The Balaban J connectivity index is 1.92. The Morgan fingerprint density at radius 3 is 3.23 bits per heavy atom. The highest BCUT2D eigenvalue weighted by Gasteiger charge is 2.15. The van der Waals surface area contributed by atoms with Gasteiger partial charge in [0.25, 0.3) is 0 Å². The van der Waals surface area contributed by atoms with Crippen LogP contribution < -0.4 is 5.32 Å². The predicted octanol–water partition coefficient (Wildman–Crippen LogP) is 1.05. The summed E-state index contributed by atoms with van der Waals surface area (Å²) in [5, 5.41) is 7.66. The van der Waals surface area contributed by atoms with E-state index < -0.39 is 0 Å². The van der Waals surface area contributed by atoms with Crippen molar-refractivity contribution in [1.29, 1.82) is 0 Å². The van der Waals surface area contributed by atoms with E-state index in [2.05, 4.69) is 23.5 Å². The molecule has 1 aliphatic heterocycles. The fourth-order valence-corrected chi connectivity index (χ4v) is 1.91. The SMILES string of the molecule is CCn1cc(CC2CCNC2)cn1. The molecular formula is C10H17N3. The molecule has 0 spiro atoms. The maximum absolute atomic E-state index is 4.27. The Hall–Kier alpha value is -0.830. The number of aromatic nitrogens is 2. The second-order valence-corrected chi connectivity index (χ2v) is 3.77. The third kappa shape index (κ3) is 2.10. The Morgan fingerprint density at radius 2 is 2.62 bits per heavy atom. The fourth-order valence-electron chi connectivity index (χ4n) is 1.91. The topological polar surface area (TPSA) is 29.9 Å². The van der Waals surface area contributed by atoms with Gasteiger partial charge in [-0.3, -0.25) is 4.68 Å². The smallest absolute Gasteiger partial charge is 0.0521 e. The first-order valence-corrected chi connectivity index (χ1v) is 5.10. The normalized spacial score (nSPS) is 22.4. The van der Waals surface area contributed by atoms with Gasteiger partial charge >= 0.3 is 0 Å². The van der Waals surface area contributed by atoms with Crippen LogP contribution in [-0.2, 0) is 13.0 Å². The van der Waals surface area contributed by atoms with Crippen LogP contribution in [0.15, 0.2) is 12.4 Å². The number of nitrogens with zero attached hydrogens (tertiary/aromatic N) is 2. The molecule has 0 saturated carbocycles. The number of hydrogen-bond acceptors (Lipinski definition) is 2. The van der Waals surface area contributed by atoms with Crippen LogP contribution in [0, 0.1) is 5.92 Å². The maximum Gasteiger partial charge on any atom is 0.0521 e. The fraction of sp³-hybridized carbons (Fsp3) is 0.700. The van der Waals surface area contributed by atoms with E-state index in [0.717, 1.165) is 12.5 Å². The first-order chi connectivity index (χ1) is 6.38. The van der Waals surface area contributed by atoms with E-state index in [1.807, 2.05) is 10.9 Å². The van der Waals surface area contributed by atoms with E-state index in [0.29, 0.717) is 0 Å². The highest BCUT2D eigenvalue weighted by atomic mass is 15.3. The van der Waals surface area contributed by atoms with Gasteiger partial charge in [0, 0.05) is 12.7 Å². The van der Waals surface area contributed by atoms with E-state index in [1.165, 1.54) is 31.5 Å². The lowest BCUT2D eigenvalue weighted by atomic mass is 10.0. The third-order valence-electron chi connectivity index (χ3n) is 2.70. The van der Waals surface area contributed by atoms with Gasteiger partial charge in [-0.1, -0.05) is 0 Å². The molecule has 0 aromatic carbocycles. The molecular weight excluding hydrogens is 162 g/mol. The predicted molar refractivity (Wildman–Crippen MR) is 52.6 cm³/mol. The second-order valence-electron chi connectivity index (χ2n) is 3.77. The van der Waals surface area contributed by atoms with E-state index in [-0.39, 0.29) is 0 Å². The molecule has 3 heteroatoms. The average Bonchev–Trinajstić information content (AvgIpc) is 2.76. The van der Waals surface area contributed by atoms with Gasteiger partial charge in [-0.25, -0.2) is 0 Å². The highest BCUT2D eigenvalue weighted by molar-refractivity contribution is 5.05. The van der Waals surface area contributed by atoms with Crippen LogP contribution in [-0.4, -0.2) is 22.9 Å². The molecule has 1 aromatic rings. The largest absolute Gasteiger partial charge is 0.316 e.